The Morgan fingerprint density at radius 1 is 1.22 bits per heavy atom. The number of alkyl carbamates (subject to hydrolysis) is 1. The fourth-order valence-electron chi connectivity index (χ4n) is 4.87. The zero-order valence-electron chi connectivity index (χ0n) is 23.4. The van der Waals surface area contributed by atoms with Gasteiger partial charge in [0.25, 0.3) is 0 Å². The Hall–Kier alpha value is -2.19. The standard InChI is InChI=1S/C29H44N2O6/c1-19-16-30-23(14-22(19)9-7-8-20-10-11-20)15-29(25(32)35-28(5,6)37-29)24(18-34-17-21-12-13-21)31-26(33)36-27(2,3)4/h14,16,20-21,24H,7-13,15,17-18H2,1-6H3,(H,31,33)/t24-,29+/m0/s1. The van der Waals surface area contributed by atoms with Crippen LogP contribution in [0.5, 0.6) is 0 Å². The van der Waals surface area contributed by atoms with Crippen molar-refractivity contribution in [3.8, 4) is 0 Å². The SMILES string of the molecule is Cc1cnc(C[C@]2([C@H](COCC3CC3)NC(=O)OC(C)(C)C)OC(C)(C)OC2=O)cc1CCCC1CC1. The second kappa shape index (κ2) is 10.9. The average molecular weight is 517 g/mol. The Labute approximate surface area is 221 Å². The van der Waals surface area contributed by atoms with Crippen LogP contribution in [0.1, 0.15) is 90.0 Å². The molecule has 206 valence electrons. The van der Waals surface area contributed by atoms with E-state index in [9.17, 15) is 9.59 Å². The van der Waals surface area contributed by atoms with E-state index in [-0.39, 0.29) is 13.0 Å². The number of rotatable bonds is 12. The lowest BCUT2D eigenvalue weighted by atomic mass is 9.88. The van der Waals surface area contributed by atoms with Crippen LogP contribution in [0.25, 0.3) is 0 Å². The van der Waals surface area contributed by atoms with Crippen molar-refractivity contribution in [3.05, 3.63) is 29.1 Å². The maximum absolute atomic E-state index is 13.5. The lowest BCUT2D eigenvalue weighted by Gasteiger charge is -2.35. The first kappa shape index (κ1) is 27.8. The monoisotopic (exact) mass is 516 g/mol. The van der Waals surface area contributed by atoms with Crippen molar-refractivity contribution in [2.45, 2.75) is 116 Å². The second-order valence-corrected chi connectivity index (χ2v) is 12.6. The molecule has 8 heteroatoms. The number of nitrogens with one attached hydrogen (secondary N) is 1. The highest BCUT2D eigenvalue weighted by molar-refractivity contribution is 5.84. The van der Waals surface area contributed by atoms with Crippen molar-refractivity contribution in [3.63, 3.8) is 0 Å². The first-order valence-electron chi connectivity index (χ1n) is 13.8. The van der Waals surface area contributed by atoms with E-state index in [1.54, 1.807) is 34.6 Å². The number of cyclic esters (lactones) is 1. The van der Waals surface area contributed by atoms with Crippen LogP contribution in [0.3, 0.4) is 0 Å². The molecule has 0 aromatic carbocycles. The summed E-state index contributed by atoms with van der Waals surface area (Å²) in [6.07, 6.45) is 9.74. The van der Waals surface area contributed by atoms with Gasteiger partial charge in [0.05, 0.1) is 12.6 Å². The summed E-state index contributed by atoms with van der Waals surface area (Å²) in [5.74, 6) is -0.266. The molecule has 2 saturated carbocycles. The summed E-state index contributed by atoms with van der Waals surface area (Å²) in [6.45, 7) is 11.5. The minimum atomic E-state index is -1.50. The van der Waals surface area contributed by atoms with Crippen LogP contribution in [0.15, 0.2) is 12.3 Å². The van der Waals surface area contributed by atoms with Gasteiger partial charge in [-0.15, -0.1) is 0 Å². The number of hydrogen-bond acceptors (Lipinski definition) is 7. The molecule has 1 aromatic rings. The third-order valence-corrected chi connectivity index (χ3v) is 7.17. The van der Waals surface area contributed by atoms with Crippen LogP contribution in [-0.2, 0) is 36.6 Å². The van der Waals surface area contributed by atoms with Gasteiger partial charge >= 0.3 is 12.1 Å². The number of pyridine rings is 1. The normalized spacial score (nSPS) is 24.0. The topological polar surface area (TPSA) is 96.0 Å². The summed E-state index contributed by atoms with van der Waals surface area (Å²) in [4.78, 5) is 31.0. The highest BCUT2D eigenvalue weighted by Crippen LogP contribution is 2.38. The molecule has 2 heterocycles. The Kier molecular flexibility index (Phi) is 8.19. The molecule has 3 fully saturated rings. The zero-order valence-corrected chi connectivity index (χ0v) is 23.4. The lowest BCUT2D eigenvalue weighted by molar-refractivity contribution is -0.172. The van der Waals surface area contributed by atoms with E-state index in [0.717, 1.165) is 42.9 Å². The first-order valence-corrected chi connectivity index (χ1v) is 13.8. The van der Waals surface area contributed by atoms with E-state index in [0.29, 0.717) is 12.5 Å². The fourth-order valence-corrected chi connectivity index (χ4v) is 4.87. The van der Waals surface area contributed by atoms with Crippen molar-refractivity contribution < 1.29 is 28.5 Å². The molecule has 37 heavy (non-hydrogen) atoms. The highest BCUT2D eigenvalue weighted by atomic mass is 16.8. The largest absolute Gasteiger partial charge is 0.444 e. The van der Waals surface area contributed by atoms with Crippen molar-refractivity contribution in [2.24, 2.45) is 11.8 Å². The number of esters is 1. The molecule has 4 rings (SSSR count). The molecule has 2 aliphatic carbocycles. The van der Waals surface area contributed by atoms with E-state index in [2.05, 4.69) is 23.3 Å². The van der Waals surface area contributed by atoms with Crippen molar-refractivity contribution >= 4 is 12.1 Å². The summed E-state index contributed by atoms with van der Waals surface area (Å²) in [7, 11) is 0. The lowest BCUT2D eigenvalue weighted by Crippen LogP contribution is -2.61. The summed E-state index contributed by atoms with van der Waals surface area (Å²) < 4.78 is 23.5. The molecule has 0 bridgehead atoms. The van der Waals surface area contributed by atoms with E-state index in [4.69, 9.17) is 18.9 Å². The Balaban J connectivity index is 1.58. The minimum absolute atomic E-state index is 0.0982. The number of carbonyl (C=O) groups is 2. The number of nitrogens with zero attached hydrogens (tertiary/aromatic N) is 1. The third kappa shape index (κ3) is 7.90. The van der Waals surface area contributed by atoms with Gasteiger partial charge in [-0.2, -0.15) is 0 Å². The van der Waals surface area contributed by atoms with E-state index in [1.807, 2.05) is 6.20 Å². The summed E-state index contributed by atoms with van der Waals surface area (Å²) in [5.41, 5.74) is 0.895. The summed E-state index contributed by atoms with van der Waals surface area (Å²) >= 11 is 0. The maximum Gasteiger partial charge on any atom is 0.408 e. The highest BCUT2D eigenvalue weighted by Gasteiger charge is 2.59. The molecule has 1 amide bonds. The fraction of sp³-hybridized carbons (Fsp3) is 0.759. The Bertz CT molecular complexity index is 979. The van der Waals surface area contributed by atoms with Crippen molar-refractivity contribution in [1.82, 2.24) is 10.3 Å². The van der Waals surface area contributed by atoms with E-state index >= 15 is 0 Å². The molecule has 1 aliphatic heterocycles. The number of aryl methyl sites for hydroxylation is 2. The molecule has 8 nitrogen and oxygen atoms in total. The van der Waals surface area contributed by atoms with E-state index in [1.165, 1.54) is 24.8 Å². The molecule has 0 radical (unpaired) electrons. The quantitative estimate of drug-likeness (QED) is 0.389. The smallest absolute Gasteiger partial charge is 0.408 e. The Morgan fingerprint density at radius 2 is 1.92 bits per heavy atom. The van der Waals surface area contributed by atoms with Crippen LogP contribution in [0, 0.1) is 18.8 Å². The number of amides is 1. The number of carbonyl (C=O) groups excluding carboxylic acids is 2. The van der Waals surface area contributed by atoms with Gasteiger partial charge in [-0.25, -0.2) is 9.59 Å². The van der Waals surface area contributed by atoms with Crippen LogP contribution >= 0.6 is 0 Å². The van der Waals surface area contributed by atoms with Gasteiger partial charge in [0.1, 0.15) is 5.60 Å². The van der Waals surface area contributed by atoms with Crippen LogP contribution in [0.4, 0.5) is 4.79 Å². The molecular weight excluding hydrogens is 472 g/mol. The number of ether oxygens (including phenoxy) is 4. The number of aromatic nitrogens is 1. The Morgan fingerprint density at radius 3 is 2.51 bits per heavy atom. The van der Waals surface area contributed by atoms with Crippen molar-refractivity contribution in [1.29, 1.82) is 0 Å². The van der Waals surface area contributed by atoms with Gasteiger partial charge in [-0.3, -0.25) is 4.98 Å². The van der Waals surface area contributed by atoms with Gasteiger partial charge in [0.2, 0.25) is 5.79 Å². The van der Waals surface area contributed by atoms with Gasteiger partial charge in [-0.05, 0) is 82.4 Å². The molecule has 1 N–H and O–H groups in total. The number of hydrogen-bond donors (Lipinski definition) is 1. The van der Waals surface area contributed by atoms with Gasteiger partial charge < -0.3 is 24.3 Å². The van der Waals surface area contributed by atoms with E-state index < -0.39 is 35.1 Å². The maximum atomic E-state index is 13.5. The van der Waals surface area contributed by atoms with Gasteiger partial charge in [0.15, 0.2) is 5.60 Å². The molecule has 0 spiro atoms. The summed E-state index contributed by atoms with van der Waals surface area (Å²) in [6, 6.07) is 1.25. The van der Waals surface area contributed by atoms with Crippen LogP contribution < -0.4 is 5.32 Å². The van der Waals surface area contributed by atoms with Crippen LogP contribution in [0.2, 0.25) is 0 Å². The first-order chi connectivity index (χ1) is 17.4. The molecule has 0 unspecified atom stereocenters. The molecular formula is C29H44N2O6. The zero-order chi connectivity index (χ0) is 26.8. The molecule has 1 aromatic heterocycles. The van der Waals surface area contributed by atoms with Gasteiger partial charge in [0, 0.05) is 38.8 Å². The minimum Gasteiger partial charge on any atom is -0.444 e. The predicted octanol–water partition coefficient (Wildman–Crippen LogP) is 5.03. The third-order valence-electron chi connectivity index (χ3n) is 7.17. The summed E-state index contributed by atoms with van der Waals surface area (Å²) in [5, 5.41) is 2.88. The second-order valence-electron chi connectivity index (χ2n) is 12.6. The predicted molar refractivity (Wildman–Crippen MR) is 139 cm³/mol. The molecule has 3 aliphatic rings. The van der Waals surface area contributed by atoms with Gasteiger partial charge in [-0.1, -0.05) is 19.3 Å². The average Bonchev–Trinajstić information content (AvgIpc) is 3.68. The molecule has 2 atom stereocenters. The van der Waals surface area contributed by atoms with Crippen molar-refractivity contribution in [2.75, 3.05) is 13.2 Å². The van der Waals surface area contributed by atoms with Crippen LogP contribution in [-0.4, -0.2) is 53.3 Å². The molecule has 1 saturated heterocycles.